The number of aromatic nitrogens is 2. The number of aryl methyl sites for hydroxylation is 1. The number of halogens is 1. The molecule has 0 bridgehead atoms. The number of rotatable bonds is 8. The minimum Gasteiger partial charge on any atom is -0.343 e. The summed E-state index contributed by atoms with van der Waals surface area (Å²) < 4.78 is 0. The smallest absolute Gasteiger partial charge is 0.258 e. The van der Waals surface area contributed by atoms with E-state index >= 15 is 0 Å². The maximum atomic E-state index is 13.4. The predicted octanol–water partition coefficient (Wildman–Crippen LogP) is 4.19. The number of nitrogens with one attached hydrogen (secondary N) is 1. The number of carbonyl (C=O) groups is 2. The fourth-order valence-electron chi connectivity index (χ4n) is 4.64. The number of hydrogen-bond donors (Lipinski definition) is 1. The molecule has 3 aromatic rings. The van der Waals surface area contributed by atoms with E-state index in [0.717, 1.165) is 18.4 Å². The maximum absolute atomic E-state index is 13.4. The molecule has 0 atom stereocenters. The molecule has 4 rings (SSSR count). The van der Waals surface area contributed by atoms with Crippen LogP contribution < -0.4 is 5.56 Å². The summed E-state index contributed by atoms with van der Waals surface area (Å²) in [6.45, 7) is 4.01. The standard InChI is InChI=1S/C27H31ClN4O3/c1-2-14-32(18-24-29-23-17-21(28)9-10-22(23)26(34)30-24)27(35)20-12-15-31(16-13-20)25(33)11-8-19-6-4-3-5-7-19/h3-7,9-10,17,20H,2,8,11-16,18H2,1H3,(H,29,30,34). The number of fused-ring (bicyclic) bond motifs is 1. The quantitative estimate of drug-likeness (QED) is 0.508. The van der Waals surface area contributed by atoms with Crippen LogP contribution in [0.3, 0.4) is 0 Å². The van der Waals surface area contributed by atoms with Gasteiger partial charge in [-0.05, 0) is 49.4 Å². The van der Waals surface area contributed by atoms with E-state index in [4.69, 9.17) is 11.6 Å². The fourth-order valence-corrected chi connectivity index (χ4v) is 4.81. The first-order valence-electron chi connectivity index (χ1n) is 12.2. The monoisotopic (exact) mass is 494 g/mol. The zero-order valence-electron chi connectivity index (χ0n) is 20.0. The Labute approximate surface area is 210 Å². The van der Waals surface area contributed by atoms with Crippen molar-refractivity contribution in [1.29, 1.82) is 0 Å². The van der Waals surface area contributed by atoms with Gasteiger partial charge in [0.1, 0.15) is 5.82 Å². The van der Waals surface area contributed by atoms with Crippen LogP contribution in [0.2, 0.25) is 5.02 Å². The van der Waals surface area contributed by atoms with Crippen molar-refractivity contribution in [2.24, 2.45) is 5.92 Å². The molecule has 2 amide bonds. The van der Waals surface area contributed by atoms with Crippen LogP contribution in [0, 0.1) is 5.92 Å². The number of carbonyl (C=O) groups excluding carboxylic acids is 2. The average Bonchev–Trinajstić information content (AvgIpc) is 2.87. The molecule has 1 aliphatic heterocycles. The molecule has 1 aromatic heterocycles. The normalized spacial score (nSPS) is 14.3. The molecule has 0 aliphatic carbocycles. The summed E-state index contributed by atoms with van der Waals surface area (Å²) in [5.74, 6) is 0.500. The molecule has 8 heteroatoms. The molecule has 7 nitrogen and oxygen atoms in total. The van der Waals surface area contributed by atoms with Crippen molar-refractivity contribution in [1.82, 2.24) is 19.8 Å². The van der Waals surface area contributed by atoms with Crippen LogP contribution in [0.25, 0.3) is 10.9 Å². The zero-order chi connectivity index (χ0) is 24.8. The van der Waals surface area contributed by atoms with Crippen molar-refractivity contribution < 1.29 is 9.59 Å². The number of H-pyrrole nitrogens is 1. The van der Waals surface area contributed by atoms with Crippen molar-refractivity contribution in [3.05, 3.63) is 75.3 Å². The van der Waals surface area contributed by atoms with Crippen molar-refractivity contribution in [3.63, 3.8) is 0 Å². The maximum Gasteiger partial charge on any atom is 0.258 e. The van der Waals surface area contributed by atoms with Crippen LogP contribution >= 0.6 is 11.6 Å². The molecular formula is C27H31ClN4O3. The molecule has 1 fully saturated rings. The summed E-state index contributed by atoms with van der Waals surface area (Å²) in [6.07, 6.45) is 3.30. The van der Waals surface area contributed by atoms with E-state index in [9.17, 15) is 14.4 Å². The molecule has 35 heavy (non-hydrogen) atoms. The van der Waals surface area contributed by atoms with Crippen LogP contribution in [0.1, 0.15) is 44.0 Å². The van der Waals surface area contributed by atoms with Crippen molar-refractivity contribution in [3.8, 4) is 0 Å². The van der Waals surface area contributed by atoms with Gasteiger partial charge in [-0.15, -0.1) is 0 Å². The van der Waals surface area contributed by atoms with Crippen LogP contribution in [-0.4, -0.2) is 51.2 Å². The van der Waals surface area contributed by atoms with Gasteiger partial charge in [0, 0.05) is 37.0 Å². The number of piperidine rings is 1. The number of nitrogens with zero attached hydrogens (tertiary/aromatic N) is 3. The minimum atomic E-state index is -0.243. The first-order chi connectivity index (χ1) is 16.9. The Hall–Kier alpha value is -3.19. The Morgan fingerprint density at radius 3 is 2.60 bits per heavy atom. The fraction of sp³-hybridized carbons (Fsp3) is 0.407. The molecule has 0 spiro atoms. The van der Waals surface area contributed by atoms with Gasteiger partial charge in [0.15, 0.2) is 0 Å². The molecule has 2 aromatic carbocycles. The van der Waals surface area contributed by atoms with E-state index in [1.807, 2.05) is 42.2 Å². The summed E-state index contributed by atoms with van der Waals surface area (Å²) in [4.78, 5) is 49.5. The van der Waals surface area contributed by atoms with Crippen molar-refractivity contribution in [2.75, 3.05) is 19.6 Å². The first kappa shape index (κ1) is 24.9. The zero-order valence-corrected chi connectivity index (χ0v) is 20.8. The lowest BCUT2D eigenvalue weighted by Crippen LogP contribution is -2.44. The Kier molecular flexibility index (Phi) is 8.18. The molecule has 0 unspecified atom stereocenters. The van der Waals surface area contributed by atoms with Gasteiger partial charge in [0.05, 0.1) is 17.4 Å². The molecule has 1 aliphatic rings. The van der Waals surface area contributed by atoms with E-state index in [1.165, 1.54) is 0 Å². The Morgan fingerprint density at radius 1 is 1.14 bits per heavy atom. The predicted molar refractivity (Wildman–Crippen MR) is 137 cm³/mol. The van der Waals surface area contributed by atoms with E-state index in [-0.39, 0.29) is 29.8 Å². The summed E-state index contributed by atoms with van der Waals surface area (Å²) >= 11 is 6.07. The number of amides is 2. The highest BCUT2D eigenvalue weighted by atomic mass is 35.5. The minimum absolute atomic E-state index is 0.0528. The number of hydrogen-bond acceptors (Lipinski definition) is 4. The van der Waals surface area contributed by atoms with Crippen molar-refractivity contribution >= 4 is 34.3 Å². The van der Waals surface area contributed by atoms with Gasteiger partial charge in [-0.1, -0.05) is 48.9 Å². The lowest BCUT2D eigenvalue weighted by atomic mass is 9.94. The molecule has 1 N–H and O–H groups in total. The van der Waals surface area contributed by atoms with Crippen LogP contribution in [0.15, 0.2) is 53.3 Å². The number of likely N-dealkylation sites (tertiary alicyclic amines) is 1. The third-order valence-electron chi connectivity index (χ3n) is 6.53. The van der Waals surface area contributed by atoms with Gasteiger partial charge in [-0.3, -0.25) is 14.4 Å². The van der Waals surface area contributed by atoms with E-state index in [2.05, 4.69) is 9.97 Å². The highest BCUT2D eigenvalue weighted by Gasteiger charge is 2.30. The Balaban J connectivity index is 1.36. The topological polar surface area (TPSA) is 86.4 Å². The number of benzene rings is 2. The third-order valence-corrected chi connectivity index (χ3v) is 6.77. The molecule has 0 saturated carbocycles. The van der Waals surface area contributed by atoms with Gasteiger partial charge in [0.25, 0.3) is 5.56 Å². The van der Waals surface area contributed by atoms with Crippen molar-refractivity contribution in [2.45, 2.75) is 45.6 Å². The summed E-state index contributed by atoms with van der Waals surface area (Å²) in [6, 6.07) is 15.0. The van der Waals surface area contributed by atoms with E-state index in [0.29, 0.717) is 60.6 Å². The molecule has 2 heterocycles. The van der Waals surface area contributed by atoms with Gasteiger partial charge < -0.3 is 14.8 Å². The van der Waals surface area contributed by atoms with Gasteiger partial charge in [0.2, 0.25) is 11.8 Å². The lowest BCUT2D eigenvalue weighted by Gasteiger charge is -2.34. The summed E-state index contributed by atoms with van der Waals surface area (Å²) in [5.41, 5.74) is 1.43. The molecular weight excluding hydrogens is 464 g/mol. The van der Waals surface area contributed by atoms with Crippen LogP contribution in [0.4, 0.5) is 0 Å². The number of aromatic amines is 1. The molecule has 1 saturated heterocycles. The molecule has 0 radical (unpaired) electrons. The van der Waals surface area contributed by atoms with E-state index in [1.54, 1.807) is 23.1 Å². The van der Waals surface area contributed by atoms with Gasteiger partial charge in [-0.25, -0.2) is 4.98 Å². The Bertz CT molecular complexity index is 1240. The SMILES string of the molecule is CCCN(Cc1nc2cc(Cl)ccc2c(=O)[nH]1)C(=O)C1CCN(C(=O)CCc2ccccc2)CC1. The molecule has 184 valence electrons. The second kappa shape index (κ2) is 11.5. The Morgan fingerprint density at radius 2 is 1.89 bits per heavy atom. The van der Waals surface area contributed by atoms with E-state index < -0.39 is 0 Å². The lowest BCUT2D eigenvalue weighted by molar-refractivity contribution is -0.141. The first-order valence-corrected chi connectivity index (χ1v) is 12.6. The summed E-state index contributed by atoms with van der Waals surface area (Å²) in [7, 11) is 0. The highest BCUT2D eigenvalue weighted by Crippen LogP contribution is 2.22. The average molecular weight is 495 g/mol. The van der Waals surface area contributed by atoms with Crippen LogP contribution in [0.5, 0.6) is 0 Å². The largest absolute Gasteiger partial charge is 0.343 e. The highest BCUT2D eigenvalue weighted by molar-refractivity contribution is 6.31. The van der Waals surface area contributed by atoms with Gasteiger partial charge >= 0.3 is 0 Å². The van der Waals surface area contributed by atoms with Crippen LogP contribution in [-0.2, 0) is 22.6 Å². The summed E-state index contributed by atoms with van der Waals surface area (Å²) in [5, 5.41) is 0.976. The third kappa shape index (κ3) is 6.28. The second-order valence-electron chi connectivity index (χ2n) is 9.07. The second-order valence-corrected chi connectivity index (χ2v) is 9.51. The van der Waals surface area contributed by atoms with Gasteiger partial charge in [-0.2, -0.15) is 0 Å².